The van der Waals surface area contributed by atoms with Gasteiger partial charge in [-0.1, -0.05) is 31.4 Å². The van der Waals surface area contributed by atoms with E-state index in [0.717, 1.165) is 43.3 Å². The number of hydrogen-bond donors (Lipinski definition) is 1. The third-order valence-electron chi connectivity index (χ3n) is 3.84. The van der Waals surface area contributed by atoms with E-state index in [2.05, 4.69) is 6.92 Å². The molecular weight excluding hydrogens is 276 g/mol. The van der Waals surface area contributed by atoms with Gasteiger partial charge >= 0.3 is 0 Å². The van der Waals surface area contributed by atoms with E-state index in [1.54, 1.807) is 0 Å². The smallest absolute Gasteiger partial charge is 0.154 e. The van der Waals surface area contributed by atoms with E-state index in [9.17, 15) is 9.90 Å². The fourth-order valence-corrected chi connectivity index (χ4v) is 2.56. The van der Waals surface area contributed by atoms with Crippen LogP contribution in [0.2, 0.25) is 0 Å². The quantitative estimate of drug-likeness (QED) is 0.435. The lowest BCUT2D eigenvalue weighted by molar-refractivity contribution is 0.112. The Labute approximate surface area is 131 Å². The highest BCUT2D eigenvalue weighted by Crippen LogP contribution is 2.33. The van der Waals surface area contributed by atoms with Crippen LogP contribution in [0.4, 0.5) is 0 Å². The molecule has 0 saturated heterocycles. The molecule has 0 fully saturated rings. The Kier molecular flexibility index (Phi) is 5.42. The van der Waals surface area contributed by atoms with Crippen molar-refractivity contribution in [3.05, 3.63) is 40.7 Å². The SMILES string of the molecule is CCCCCc1cc2c(C=O)c(O)c(CC=C(C)C)cc2o1. The van der Waals surface area contributed by atoms with Gasteiger partial charge in [0.25, 0.3) is 0 Å². The molecule has 0 radical (unpaired) electrons. The second kappa shape index (κ2) is 7.30. The standard InChI is InChI=1S/C19H24O3/c1-4-5-6-7-15-11-16-17(12-20)19(21)14(9-8-13(2)3)10-18(16)22-15/h8,10-12,21H,4-7,9H2,1-3H3. The van der Waals surface area contributed by atoms with Gasteiger partial charge in [0, 0.05) is 17.4 Å². The molecule has 0 saturated carbocycles. The fourth-order valence-electron chi connectivity index (χ4n) is 2.56. The molecule has 0 unspecified atom stereocenters. The first-order valence-electron chi connectivity index (χ1n) is 7.92. The van der Waals surface area contributed by atoms with Crippen LogP contribution in [0.1, 0.15) is 61.7 Å². The number of benzene rings is 1. The zero-order chi connectivity index (χ0) is 16.1. The van der Waals surface area contributed by atoms with Gasteiger partial charge in [0.2, 0.25) is 0 Å². The van der Waals surface area contributed by atoms with Gasteiger partial charge in [-0.25, -0.2) is 0 Å². The molecule has 3 heteroatoms. The largest absolute Gasteiger partial charge is 0.507 e. The molecule has 2 rings (SSSR count). The van der Waals surface area contributed by atoms with Crippen LogP contribution in [-0.2, 0) is 12.8 Å². The maximum absolute atomic E-state index is 11.4. The third-order valence-corrected chi connectivity index (χ3v) is 3.84. The van der Waals surface area contributed by atoms with Gasteiger partial charge < -0.3 is 9.52 Å². The number of carbonyl (C=O) groups excluding carboxylic acids is 1. The van der Waals surface area contributed by atoms with E-state index in [-0.39, 0.29) is 5.75 Å². The van der Waals surface area contributed by atoms with E-state index < -0.39 is 0 Å². The van der Waals surface area contributed by atoms with Crippen molar-refractivity contribution in [1.29, 1.82) is 0 Å². The normalized spacial score (nSPS) is 10.9. The number of rotatable bonds is 7. The van der Waals surface area contributed by atoms with Crippen molar-refractivity contribution in [2.75, 3.05) is 0 Å². The second-order valence-corrected chi connectivity index (χ2v) is 5.98. The van der Waals surface area contributed by atoms with E-state index in [1.165, 1.54) is 5.57 Å². The lowest BCUT2D eigenvalue weighted by atomic mass is 10.0. The number of phenols is 1. The summed E-state index contributed by atoms with van der Waals surface area (Å²) in [5, 5.41) is 11.0. The highest BCUT2D eigenvalue weighted by molar-refractivity contribution is 6.00. The number of aryl methyl sites for hydroxylation is 1. The molecule has 0 aliphatic rings. The predicted molar refractivity (Wildman–Crippen MR) is 89.6 cm³/mol. The Morgan fingerprint density at radius 2 is 2.05 bits per heavy atom. The minimum absolute atomic E-state index is 0.0703. The van der Waals surface area contributed by atoms with E-state index >= 15 is 0 Å². The molecular formula is C19H24O3. The van der Waals surface area contributed by atoms with Gasteiger partial charge in [-0.15, -0.1) is 0 Å². The minimum atomic E-state index is 0.0703. The number of carbonyl (C=O) groups is 1. The van der Waals surface area contributed by atoms with Gasteiger partial charge in [-0.3, -0.25) is 4.79 Å². The molecule has 2 aromatic rings. The first-order valence-corrected chi connectivity index (χ1v) is 7.92. The molecule has 0 aliphatic carbocycles. The summed E-state index contributed by atoms with van der Waals surface area (Å²) in [7, 11) is 0. The van der Waals surface area contributed by atoms with Crippen LogP contribution in [0.15, 0.2) is 28.2 Å². The Hall–Kier alpha value is -2.03. The zero-order valence-corrected chi connectivity index (χ0v) is 13.6. The van der Waals surface area contributed by atoms with Gasteiger partial charge in [0.05, 0.1) is 5.56 Å². The number of hydrogen-bond acceptors (Lipinski definition) is 3. The molecule has 3 nitrogen and oxygen atoms in total. The number of fused-ring (bicyclic) bond motifs is 1. The summed E-state index contributed by atoms with van der Waals surface area (Å²) in [6.07, 6.45) is 7.60. The summed E-state index contributed by atoms with van der Waals surface area (Å²) in [6, 6.07) is 3.74. The van der Waals surface area contributed by atoms with Gasteiger partial charge in [-0.05, 0) is 38.8 Å². The molecule has 22 heavy (non-hydrogen) atoms. The number of allylic oxidation sites excluding steroid dienone is 2. The van der Waals surface area contributed by atoms with Gasteiger partial charge in [-0.2, -0.15) is 0 Å². The Balaban J connectivity index is 2.41. The number of furan rings is 1. The molecule has 1 aromatic carbocycles. The summed E-state index contributed by atoms with van der Waals surface area (Å²) in [6.45, 7) is 6.18. The first-order chi connectivity index (χ1) is 10.6. The lowest BCUT2D eigenvalue weighted by Crippen LogP contribution is -1.90. The highest BCUT2D eigenvalue weighted by atomic mass is 16.3. The van der Waals surface area contributed by atoms with Crippen LogP contribution in [0.5, 0.6) is 5.75 Å². The predicted octanol–water partition coefficient (Wildman–Crippen LogP) is 5.19. The molecule has 0 amide bonds. The third kappa shape index (κ3) is 3.59. The number of phenolic OH excluding ortho intramolecular Hbond substituents is 1. The topological polar surface area (TPSA) is 50.4 Å². The number of aromatic hydroxyl groups is 1. The zero-order valence-electron chi connectivity index (χ0n) is 13.6. The Bertz CT molecular complexity index is 688. The van der Waals surface area contributed by atoms with E-state index in [4.69, 9.17) is 4.42 Å². The van der Waals surface area contributed by atoms with Crippen molar-refractivity contribution in [2.24, 2.45) is 0 Å². The van der Waals surface area contributed by atoms with Crippen molar-refractivity contribution < 1.29 is 14.3 Å². The molecule has 0 spiro atoms. The van der Waals surface area contributed by atoms with Crippen LogP contribution < -0.4 is 0 Å². The molecule has 0 atom stereocenters. The van der Waals surface area contributed by atoms with Crippen molar-refractivity contribution in [1.82, 2.24) is 0 Å². The molecule has 1 aromatic heterocycles. The Morgan fingerprint density at radius 3 is 2.68 bits per heavy atom. The second-order valence-electron chi connectivity index (χ2n) is 5.98. The summed E-state index contributed by atoms with van der Waals surface area (Å²) >= 11 is 0. The average Bonchev–Trinajstić information content (AvgIpc) is 2.87. The van der Waals surface area contributed by atoms with Crippen LogP contribution in [0, 0.1) is 0 Å². The Morgan fingerprint density at radius 1 is 1.27 bits per heavy atom. The maximum atomic E-state index is 11.4. The molecule has 0 bridgehead atoms. The molecule has 1 N–H and O–H groups in total. The average molecular weight is 300 g/mol. The van der Waals surface area contributed by atoms with Crippen molar-refractivity contribution >= 4 is 17.3 Å². The van der Waals surface area contributed by atoms with Crippen molar-refractivity contribution in [2.45, 2.75) is 52.9 Å². The summed E-state index contributed by atoms with van der Waals surface area (Å²) < 4.78 is 5.87. The van der Waals surface area contributed by atoms with Crippen molar-refractivity contribution in [3.63, 3.8) is 0 Å². The summed E-state index contributed by atoms with van der Waals surface area (Å²) in [5.74, 6) is 0.950. The van der Waals surface area contributed by atoms with Crippen LogP contribution in [-0.4, -0.2) is 11.4 Å². The van der Waals surface area contributed by atoms with Crippen molar-refractivity contribution in [3.8, 4) is 5.75 Å². The van der Waals surface area contributed by atoms with Crippen LogP contribution in [0.3, 0.4) is 0 Å². The van der Waals surface area contributed by atoms with Crippen LogP contribution in [0.25, 0.3) is 11.0 Å². The van der Waals surface area contributed by atoms with E-state index in [1.807, 2.05) is 32.1 Å². The summed E-state index contributed by atoms with van der Waals surface area (Å²) in [5.41, 5.74) is 2.92. The maximum Gasteiger partial charge on any atom is 0.154 e. The first kappa shape index (κ1) is 16.3. The van der Waals surface area contributed by atoms with E-state index in [0.29, 0.717) is 23.0 Å². The molecule has 118 valence electrons. The van der Waals surface area contributed by atoms with Gasteiger partial charge in [0.1, 0.15) is 17.1 Å². The fraction of sp³-hybridized carbons (Fsp3) is 0.421. The van der Waals surface area contributed by atoms with Crippen LogP contribution >= 0.6 is 0 Å². The number of aldehydes is 1. The lowest BCUT2D eigenvalue weighted by Gasteiger charge is -2.05. The number of unbranched alkanes of at least 4 members (excludes halogenated alkanes) is 2. The highest BCUT2D eigenvalue weighted by Gasteiger charge is 2.15. The molecule has 1 heterocycles. The van der Waals surface area contributed by atoms with Gasteiger partial charge in [0.15, 0.2) is 6.29 Å². The minimum Gasteiger partial charge on any atom is -0.507 e. The summed E-state index contributed by atoms with van der Waals surface area (Å²) in [4.78, 5) is 11.4. The monoisotopic (exact) mass is 300 g/mol. The molecule has 0 aliphatic heterocycles.